The molecule has 0 aliphatic rings. The van der Waals surface area contributed by atoms with Crippen molar-refractivity contribution >= 4 is 33.4 Å². The van der Waals surface area contributed by atoms with Gasteiger partial charge in [0.05, 0.1) is 46.7 Å². The molecule has 5 heterocycles. The molecule has 1 amide bonds. The van der Waals surface area contributed by atoms with E-state index in [1.54, 1.807) is 31.0 Å². The van der Waals surface area contributed by atoms with Crippen molar-refractivity contribution in [2.45, 2.75) is 27.7 Å². The van der Waals surface area contributed by atoms with Crippen LogP contribution < -0.4 is 5.32 Å². The minimum absolute atomic E-state index is 0.0944. The maximum atomic E-state index is 14.2. The Kier molecular flexibility index (Phi) is 5.71. The number of halogens is 1. The first-order chi connectivity index (χ1) is 18.7. The molecule has 39 heavy (non-hydrogen) atoms. The molecule has 0 radical (unpaired) electrons. The van der Waals surface area contributed by atoms with Gasteiger partial charge < -0.3 is 10.3 Å². The van der Waals surface area contributed by atoms with E-state index in [9.17, 15) is 9.18 Å². The van der Waals surface area contributed by atoms with Crippen LogP contribution in [0.25, 0.3) is 55.6 Å². The number of rotatable bonds is 4. The third-order valence-corrected chi connectivity index (χ3v) is 6.57. The lowest BCUT2D eigenvalue weighted by molar-refractivity contribution is -0.123. The molecule has 0 aliphatic carbocycles. The van der Waals surface area contributed by atoms with Crippen molar-refractivity contribution in [3.8, 4) is 33.8 Å². The third kappa shape index (κ3) is 4.63. The molecule has 0 fully saturated rings. The number of H-pyrrole nitrogens is 2. The summed E-state index contributed by atoms with van der Waals surface area (Å²) >= 11 is 0. The van der Waals surface area contributed by atoms with E-state index in [4.69, 9.17) is 0 Å². The van der Waals surface area contributed by atoms with Crippen molar-refractivity contribution in [1.82, 2.24) is 30.1 Å². The molecule has 6 aromatic rings. The summed E-state index contributed by atoms with van der Waals surface area (Å²) in [4.78, 5) is 29.1. The number of anilines is 1. The van der Waals surface area contributed by atoms with Crippen LogP contribution in [0.2, 0.25) is 0 Å². The molecule has 0 aliphatic heterocycles. The highest BCUT2D eigenvalue weighted by Gasteiger charge is 2.21. The molecule has 3 N–H and O–H groups in total. The van der Waals surface area contributed by atoms with Crippen LogP contribution in [-0.2, 0) is 4.79 Å². The van der Waals surface area contributed by atoms with E-state index in [1.807, 2.05) is 52.0 Å². The summed E-state index contributed by atoms with van der Waals surface area (Å²) < 4.78 is 14.2. The number of aromatic amines is 2. The number of amides is 1. The third-order valence-electron chi connectivity index (χ3n) is 6.57. The number of nitrogens with zero attached hydrogens (tertiary/aromatic N) is 4. The molecule has 1 aromatic carbocycles. The Hall–Kier alpha value is -4.92. The number of pyridine rings is 3. The largest absolute Gasteiger partial charge is 0.352 e. The van der Waals surface area contributed by atoms with Crippen LogP contribution in [0.5, 0.6) is 0 Å². The molecule has 0 atom stereocenters. The molecule has 0 bridgehead atoms. The molecule has 0 unspecified atom stereocenters. The number of hydrogen-bond acceptors (Lipinski definition) is 5. The standard InChI is InChI=1S/C30H26FN7O/c1-16-5-17(7-19(31)6-16)23-13-33-14-26-21(23)9-25(36-26)28-22-10-24(34-15-27(22)37-38-28)18-8-20(12-32-11-18)35-29(39)30(2,3)4/h5-15,36H,1-4H3,(H,35,39)(H,37,38). The van der Waals surface area contributed by atoms with Gasteiger partial charge in [-0.05, 0) is 48.4 Å². The highest BCUT2D eigenvalue weighted by atomic mass is 19.1. The van der Waals surface area contributed by atoms with Gasteiger partial charge in [0, 0.05) is 39.7 Å². The van der Waals surface area contributed by atoms with Gasteiger partial charge in [-0.25, -0.2) is 4.39 Å². The maximum absolute atomic E-state index is 14.2. The summed E-state index contributed by atoms with van der Waals surface area (Å²) in [7, 11) is 0. The predicted molar refractivity (Wildman–Crippen MR) is 150 cm³/mol. The smallest absolute Gasteiger partial charge is 0.229 e. The van der Waals surface area contributed by atoms with Crippen LogP contribution in [0, 0.1) is 18.2 Å². The van der Waals surface area contributed by atoms with Crippen molar-refractivity contribution < 1.29 is 9.18 Å². The number of nitrogens with one attached hydrogen (secondary N) is 3. The fraction of sp³-hybridized carbons (Fsp3) is 0.167. The van der Waals surface area contributed by atoms with Crippen molar-refractivity contribution in [2.24, 2.45) is 5.41 Å². The van der Waals surface area contributed by atoms with E-state index in [0.717, 1.165) is 55.4 Å². The van der Waals surface area contributed by atoms with Gasteiger partial charge in [-0.3, -0.25) is 24.8 Å². The van der Waals surface area contributed by atoms with Crippen molar-refractivity contribution in [2.75, 3.05) is 5.32 Å². The van der Waals surface area contributed by atoms with Crippen LogP contribution >= 0.6 is 0 Å². The summed E-state index contributed by atoms with van der Waals surface area (Å²) in [5.74, 6) is -0.379. The Morgan fingerprint density at radius 2 is 1.69 bits per heavy atom. The fourth-order valence-corrected chi connectivity index (χ4v) is 4.55. The van der Waals surface area contributed by atoms with Crippen molar-refractivity contribution in [1.29, 1.82) is 0 Å². The molecule has 194 valence electrons. The molecule has 6 rings (SSSR count). The number of aromatic nitrogens is 6. The van der Waals surface area contributed by atoms with Crippen LogP contribution in [0.3, 0.4) is 0 Å². The lowest BCUT2D eigenvalue weighted by atomic mass is 9.95. The zero-order valence-electron chi connectivity index (χ0n) is 21.9. The summed E-state index contributed by atoms with van der Waals surface area (Å²) in [5.41, 5.74) is 7.08. The Bertz CT molecular complexity index is 1860. The zero-order chi connectivity index (χ0) is 27.3. The van der Waals surface area contributed by atoms with Gasteiger partial charge in [-0.15, -0.1) is 0 Å². The summed E-state index contributed by atoms with van der Waals surface area (Å²) in [5, 5.41) is 12.3. The molecule has 9 heteroatoms. The van der Waals surface area contributed by atoms with Crippen molar-refractivity contribution in [3.63, 3.8) is 0 Å². The minimum Gasteiger partial charge on any atom is -0.352 e. The van der Waals surface area contributed by atoms with Crippen LogP contribution in [-0.4, -0.2) is 36.0 Å². The Balaban J connectivity index is 1.41. The van der Waals surface area contributed by atoms with Gasteiger partial charge in [0.15, 0.2) is 0 Å². The lowest BCUT2D eigenvalue weighted by Crippen LogP contribution is -2.27. The van der Waals surface area contributed by atoms with E-state index < -0.39 is 5.41 Å². The Morgan fingerprint density at radius 1 is 0.872 bits per heavy atom. The zero-order valence-corrected chi connectivity index (χ0v) is 21.9. The van der Waals surface area contributed by atoms with Gasteiger partial charge in [0.25, 0.3) is 0 Å². The van der Waals surface area contributed by atoms with E-state index >= 15 is 0 Å². The van der Waals surface area contributed by atoms with Gasteiger partial charge in [-0.1, -0.05) is 26.8 Å². The molecule has 0 saturated carbocycles. The van der Waals surface area contributed by atoms with Crippen molar-refractivity contribution in [3.05, 3.63) is 78.8 Å². The SMILES string of the molecule is Cc1cc(F)cc(-c2cncc3[nH]c(-c4n[nH]c5cnc(-c6cncc(NC(=O)C(C)(C)C)c6)cc45)cc23)c1. The fourth-order valence-electron chi connectivity index (χ4n) is 4.55. The normalized spacial score (nSPS) is 11.8. The number of aryl methyl sites for hydroxylation is 1. The molecule has 8 nitrogen and oxygen atoms in total. The average molecular weight is 520 g/mol. The van der Waals surface area contributed by atoms with Gasteiger partial charge >= 0.3 is 0 Å². The van der Waals surface area contributed by atoms with Gasteiger partial charge in [0.1, 0.15) is 11.5 Å². The van der Waals surface area contributed by atoms with Gasteiger partial charge in [0.2, 0.25) is 5.91 Å². The minimum atomic E-state index is -0.526. The second kappa shape index (κ2) is 9.13. The second-order valence-electron chi connectivity index (χ2n) is 10.7. The topological polar surface area (TPSA) is 112 Å². The van der Waals surface area contributed by atoms with Crippen LogP contribution in [0.4, 0.5) is 10.1 Å². The van der Waals surface area contributed by atoms with E-state index in [-0.39, 0.29) is 11.7 Å². The molecule has 5 aromatic heterocycles. The monoisotopic (exact) mass is 519 g/mol. The van der Waals surface area contributed by atoms with Crippen LogP contribution in [0.15, 0.2) is 67.4 Å². The number of benzene rings is 1. The van der Waals surface area contributed by atoms with E-state index in [1.165, 1.54) is 12.1 Å². The van der Waals surface area contributed by atoms with E-state index in [0.29, 0.717) is 11.4 Å². The number of hydrogen-bond donors (Lipinski definition) is 3. The predicted octanol–water partition coefficient (Wildman–Crippen LogP) is 6.66. The Labute approximate surface area is 223 Å². The average Bonchev–Trinajstić information content (AvgIpc) is 3.51. The van der Waals surface area contributed by atoms with Crippen LogP contribution in [0.1, 0.15) is 26.3 Å². The molecular formula is C30H26FN7O. The first-order valence-electron chi connectivity index (χ1n) is 12.5. The molecule has 0 spiro atoms. The number of fused-ring (bicyclic) bond motifs is 2. The summed E-state index contributed by atoms with van der Waals surface area (Å²) in [6, 6.07) is 10.8. The Morgan fingerprint density at radius 3 is 2.49 bits per heavy atom. The second-order valence-corrected chi connectivity index (χ2v) is 10.7. The number of carbonyl (C=O) groups excluding carboxylic acids is 1. The van der Waals surface area contributed by atoms with E-state index in [2.05, 4.69) is 35.5 Å². The first-order valence-corrected chi connectivity index (χ1v) is 12.5. The molecular weight excluding hydrogens is 493 g/mol. The summed E-state index contributed by atoms with van der Waals surface area (Å²) in [6.07, 6.45) is 8.55. The number of carbonyl (C=O) groups is 1. The highest BCUT2D eigenvalue weighted by molar-refractivity contribution is 6.01. The first kappa shape index (κ1) is 24.4. The highest BCUT2D eigenvalue weighted by Crippen LogP contribution is 2.35. The lowest BCUT2D eigenvalue weighted by Gasteiger charge is -2.17. The quantitative estimate of drug-likeness (QED) is 0.241. The molecule has 0 saturated heterocycles. The maximum Gasteiger partial charge on any atom is 0.229 e. The summed E-state index contributed by atoms with van der Waals surface area (Å²) in [6.45, 7) is 7.45. The van der Waals surface area contributed by atoms with Gasteiger partial charge in [-0.2, -0.15) is 5.10 Å².